The maximum atomic E-state index is 8.82. The summed E-state index contributed by atoms with van der Waals surface area (Å²) in [6.07, 6.45) is 0.975. The van der Waals surface area contributed by atoms with Crippen LogP contribution in [0.1, 0.15) is 34.1 Å². The molecule has 2 N–H and O–H groups in total. The average Bonchev–Trinajstić information content (AvgIpc) is 1.78. The predicted octanol–water partition coefficient (Wildman–Crippen LogP) is 2.28. The molecule has 1 unspecified atom stereocenters. The van der Waals surface area contributed by atoms with Gasteiger partial charge in [-0.05, 0) is 29.6 Å². The maximum Gasteiger partial charge on any atom is 0.321 e. The lowest BCUT2D eigenvalue weighted by atomic mass is 9.86. The van der Waals surface area contributed by atoms with Gasteiger partial charge in [-0.25, -0.2) is 0 Å². The summed E-state index contributed by atoms with van der Waals surface area (Å²) in [6, 6.07) is 0. The maximum absolute atomic E-state index is 8.82. The minimum absolute atomic E-state index is 0.232. The van der Waals surface area contributed by atoms with Crippen molar-refractivity contribution in [3.63, 3.8) is 0 Å². The normalized spacial score (nSPS) is 15.8. The highest BCUT2D eigenvalue weighted by molar-refractivity contribution is 8.06. The quantitative estimate of drug-likeness (QED) is 0.722. The standard InChI is InChI=1S/C8H19O3PS/c1-7(5-8(2,3)4)6-11-12(9,10)13/h7H,5-6H2,1-4H3,(H2,9,10,13). The van der Waals surface area contributed by atoms with Crippen molar-refractivity contribution in [2.75, 3.05) is 6.61 Å². The second-order valence-corrected chi connectivity index (χ2v) is 7.32. The Hall–Kier alpha value is 0.530. The predicted molar refractivity (Wildman–Crippen MR) is 57.9 cm³/mol. The minimum atomic E-state index is -3.45. The van der Waals surface area contributed by atoms with Crippen molar-refractivity contribution in [1.82, 2.24) is 0 Å². The zero-order valence-electron chi connectivity index (χ0n) is 8.65. The summed E-state index contributed by atoms with van der Waals surface area (Å²) in [6.45, 7) is 5.29. The van der Waals surface area contributed by atoms with Gasteiger partial charge in [0, 0.05) is 0 Å². The Labute approximate surface area is 85.4 Å². The van der Waals surface area contributed by atoms with Gasteiger partial charge in [-0.3, -0.25) is 0 Å². The summed E-state index contributed by atoms with van der Waals surface area (Å²) in [5, 5.41) is 0. The molecule has 0 amide bonds. The Kier molecular flexibility index (Phi) is 5.05. The van der Waals surface area contributed by atoms with Crippen LogP contribution >= 0.6 is 6.72 Å². The fourth-order valence-electron chi connectivity index (χ4n) is 1.33. The highest BCUT2D eigenvalue weighted by Gasteiger charge is 2.17. The highest BCUT2D eigenvalue weighted by Crippen LogP contribution is 2.37. The van der Waals surface area contributed by atoms with Gasteiger partial charge >= 0.3 is 6.72 Å². The monoisotopic (exact) mass is 226 g/mol. The molecule has 0 spiro atoms. The van der Waals surface area contributed by atoms with Crippen LogP contribution in [0.3, 0.4) is 0 Å². The zero-order valence-corrected chi connectivity index (χ0v) is 10.4. The van der Waals surface area contributed by atoms with Crippen LogP contribution in [0, 0.1) is 11.3 Å². The molecular formula is C8H19O3PS. The second kappa shape index (κ2) is 4.85. The summed E-state index contributed by atoms with van der Waals surface area (Å²) in [5.74, 6) is 0.293. The molecule has 1 atom stereocenters. The van der Waals surface area contributed by atoms with Crippen LogP contribution in [-0.2, 0) is 16.3 Å². The van der Waals surface area contributed by atoms with Crippen molar-refractivity contribution in [3.05, 3.63) is 0 Å². The highest BCUT2D eigenvalue weighted by atomic mass is 32.5. The first kappa shape index (κ1) is 13.5. The second-order valence-electron chi connectivity index (χ2n) is 4.66. The van der Waals surface area contributed by atoms with Crippen molar-refractivity contribution in [1.29, 1.82) is 0 Å². The lowest BCUT2D eigenvalue weighted by Crippen LogP contribution is -2.14. The fourth-order valence-corrected chi connectivity index (χ4v) is 1.96. The van der Waals surface area contributed by atoms with E-state index in [2.05, 4.69) is 32.6 Å². The van der Waals surface area contributed by atoms with Gasteiger partial charge in [0.15, 0.2) is 0 Å². The minimum Gasteiger partial charge on any atom is -0.325 e. The summed E-state index contributed by atoms with van der Waals surface area (Å²) in [5.41, 5.74) is 0.232. The van der Waals surface area contributed by atoms with Gasteiger partial charge in [0.05, 0.1) is 6.61 Å². The van der Waals surface area contributed by atoms with Crippen LogP contribution in [0.25, 0.3) is 0 Å². The molecule has 3 nitrogen and oxygen atoms in total. The molecule has 0 aliphatic heterocycles. The van der Waals surface area contributed by atoms with E-state index in [4.69, 9.17) is 14.3 Å². The van der Waals surface area contributed by atoms with Gasteiger partial charge in [-0.1, -0.05) is 27.7 Å². The van der Waals surface area contributed by atoms with Crippen molar-refractivity contribution < 1.29 is 14.3 Å². The average molecular weight is 226 g/mol. The Morgan fingerprint density at radius 1 is 1.38 bits per heavy atom. The molecule has 80 valence electrons. The third kappa shape index (κ3) is 10.5. The molecule has 5 heteroatoms. The molecule has 0 aliphatic carbocycles. The van der Waals surface area contributed by atoms with E-state index in [9.17, 15) is 0 Å². The van der Waals surface area contributed by atoms with Gasteiger partial charge in [-0.2, -0.15) is 0 Å². The summed E-state index contributed by atoms with van der Waals surface area (Å²) in [7, 11) is 0. The fraction of sp³-hybridized carbons (Fsp3) is 1.00. The summed E-state index contributed by atoms with van der Waals surface area (Å²) >= 11 is 4.34. The van der Waals surface area contributed by atoms with E-state index in [1.807, 2.05) is 6.92 Å². The van der Waals surface area contributed by atoms with Crippen molar-refractivity contribution in [3.8, 4) is 0 Å². The van der Waals surface area contributed by atoms with Gasteiger partial charge < -0.3 is 14.3 Å². The molecule has 0 aromatic carbocycles. The number of hydrogen-bond donors (Lipinski definition) is 2. The molecule has 0 aromatic heterocycles. The molecule has 0 aliphatic rings. The van der Waals surface area contributed by atoms with E-state index < -0.39 is 6.72 Å². The molecule has 0 heterocycles. The Morgan fingerprint density at radius 2 is 1.85 bits per heavy atom. The van der Waals surface area contributed by atoms with Gasteiger partial charge in [0.2, 0.25) is 0 Å². The van der Waals surface area contributed by atoms with Crippen LogP contribution in [0.15, 0.2) is 0 Å². The largest absolute Gasteiger partial charge is 0.325 e. The number of rotatable bonds is 4. The van der Waals surface area contributed by atoms with Gasteiger partial charge in [0.25, 0.3) is 0 Å². The SMILES string of the molecule is CC(COP(O)(O)=S)CC(C)(C)C. The van der Waals surface area contributed by atoms with Crippen LogP contribution in [0.5, 0.6) is 0 Å². The van der Waals surface area contributed by atoms with E-state index in [0.29, 0.717) is 12.5 Å². The van der Waals surface area contributed by atoms with Crippen molar-refractivity contribution in [2.45, 2.75) is 34.1 Å². The van der Waals surface area contributed by atoms with Gasteiger partial charge in [-0.15, -0.1) is 0 Å². The molecule has 0 fully saturated rings. The summed E-state index contributed by atoms with van der Waals surface area (Å²) in [4.78, 5) is 17.6. The Morgan fingerprint density at radius 3 is 2.15 bits per heavy atom. The van der Waals surface area contributed by atoms with Gasteiger partial charge in [0.1, 0.15) is 0 Å². The summed E-state index contributed by atoms with van der Waals surface area (Å²) < 4.78 is 4.77. The number of hydrogen-bond acceptors (Lipinski definition) is 2. The Balaban J connectivity index is 3.77. The van der Waals surface area contributed by atoms with E-state index >= 15 is 0 Å². The molecule has 0 aromatic rings. The van der Waals surface area contributed by atoms with Crippen molar-refractivity contribution >= 4 is 18.5 Å². The first-order valence-electron chi connectivity index (χ1n) is 4.30. The van der Waals surface area contributed by atoms with Crippen LogP contribution < -0.4 is 0 Å². The first-order chi connectivity index (χ1) is 5.60. The first-order valence-corrected chi connectivity index (χ1v) is 6.93. The van der Waals surface area contributed by atoms with Crippen LogP contribution in [0.2, 0.25) is 0 Å². The zero-order chi connectivity index (χ0) is 10.7. The van der Waals surface area contributed by atoms with Crippen molar-refractivity contribution in [2.24, 2.45) is 11.3 Å². The lowest BCUT2D eigenvalue weighted by Gasteiger charge is -2.23. The van der Waals surface area contributed by atoms with E-state index in [0.717, 1.165) is 6.42 Å². The molecule has 0 saturated heterocycles. The van der Waals surface area contributed by atoms with Crippen LogP contribution in [0.4, 0.5) is 0 Å². The molecule has 0 bridgehead atoms. The van der Waals surface area contributed by atoms with E-state index in [1.54, 1.807) is 0 Å². The smallest absolute Gasteiger partial charge is 0.321 e. The third-order valence-corrected chi connectivity index (χ3v) is 2.29. The lowest BCUT2D eigenvalue weighted by molar-refractivity contribution is 0.183. The molecule has 0 radical (unpaired) electrons. The third-order valence-electron chi connectivity index (χ3n) is 1.49. The topological polar surface area (TPSA) is 49.7 Å². The molecule has 13 heavy (non-hydrogen) atoms. The van der Waals surface area contributed by atoms with E-state index in [-0.39, 0.29) is 5.41 Å². The Bertz CT molecular complexity index is 194. The van der Waals surface area contributed by atoms with Crippen LogP contribution in [-0.4, -0.2) is 16.4 Å². The van der Waals surface area contributed by atoms with E-state index in [1.165, 1.54) is 0 Å². The molecular weight excluding hydrogens is 207 g/mol. The molecule has 0 rings (SSSR count). The molecule has 0 saturated carbocycles.